The lowest BCUT2D eigenvalue weighted by Gasteiger charge is -2.24. The second-order valence-corrected chi connectivity index (χ2v) is 7.62. The van der Waals surface area contributed by atoms with Gasteiger partial charge in [-0.05, 0) is 68.9 Å². The zero-order chi connectivity index (χ0) is 19.1. The van der Waals surface area contributed by atoms with Gasteiger partial charge in [0.2, 0.25) is 0 Å². The molecule has 2 aromatic heterocycles. The van der Waals surface area contributed by atoms with Crippen molar-refractivity contribution >= 4 is 17.3 Å². The Morgan fingerprint density at radius 2 is 1.78 bits per heavy atom. The van der Waals surface area contributed by atoms with E-state index in [-0.39, 0.29) is 12.1 Å². The molecule has 5 heteroatoms. The molecule has 0 saturated carbocycles. The summed E-state index contributed by atoms with van der Waals surface area (Å²) in [5.41, 5.74) is 7.19. The molecule has 4 rings (SSSR count). The first kappa shape index (κ1) is 17.7. The Bertz CT molecular complexity index is 976. The predicted octanol–water partition coefficient (Wildman–Crippen LogP) is 4.40. The standard InChI is InChI=1S/C22H24N4S/c1-14-8-10-17(11-9-14)26-15(2)13-18(16(26)3)21-20(24-22(27)25(21)4)19-7-5-6-12-23-19/h5-13,20-21H,1-4H3,(H,24,27)/t20-,21+/m1/s1. The third-order valence-corrected chi connectivity index (χ3v) is 5.83. The summed E-state index contributed by atoms with van der Waals surface area (Å²) < 4.78 is 2.32. The Kier molecular flexibility index (Phi) is 4.48. The normalized spacial score (nSPS) is 19.4. The molecule has 138 valence electrons. The number of pyridine rings is 1. The molecule has 1 N–H and O–H groups in total. The first-order valence-corrected chi connectivity index (χ1v) is 9.58. The molecule has 1 aliphatic heterocycles. The van der Waals surface area contributed by atoms with Crippen molar-refractivity contribution in [2.24, 2.45) is 0 Å². The molecule has 0 radical (unpaired) electrons. The molecule has 27 heavy (non-hydrogen) atoms. The Balaban J connectivity index is 1.81. The number of hydrogen-bond donors (Lipinski definition) is 1. The second kappa shape index (κ2) is 6.82. The van der Waals surface area contributed by atoms with Gasteiger partial charge in [0.25, 0.3) is 0 Å². The molecule has 1 aliphatic rings. The van der Waals surface area contributed by atoms with Crippen LogP contribution in [0, 0.1) is 20.8 Å². The minimum absolute atomic E-state index is 0.0377. The van der Waals surface area contributed by atoms with Crippen LogP contribution >= 0.6 is 12.2 Å². The minimum atomic E-state index is 0.0377. The highest BCUT2D eigenvalue weighted by atomic mass is 32.1. The van der Waals surface area contributed by atoms with Crippen LogP contribution in [0.1, 0.15) is 40.3 Å². The van der Waals surface area contributed by atoms with Crippen molar-refractivity contribution in [2.75, 3.05) is 7.05 Å². The molecule has 1 aromatic carbocycles. The van der Waals surface area contributed by atoms with Crippen molar-refractivity contribution in [1.82, 2.24) is 19.8 Å². The first-order valence-electron chi connectivity index (χ1n) is 9.17. The third kappa shape index (κ3) is 3.02. The van der Waals surface area contributed by atoms with E-state index in [1.54, 1.807) is 0 Å². The maximum absolute atomic E-state index is 5.57. The largest absolute Gasteiger partial charge is 0.352 e. The van der Waals surface area contributed by atoms with Crippen molar-refractivity contribution in [3.8, 4) is 5.69 Å². The number of nitrogens with zero attached hydrogens (tertiary/aromatic N) is 3. The minimum Gasteiger partial charge on any atom is -0.352 e. The van der Waals surface area contributed by atoms with Gasteiger partial charge in [-0.1, -0.05) is 23.8 Å². The molecule has 0 bridgehead atoms. The SMILES string of the molecule is Cc1ccc(-n2c(C)cc([C@H]3[C@@H](c4ccccn4)NC(=S)N3C)c2C)cc1. The molecular formula is C22H24N4S. The van der Waals surface area contributed by atoms with E-state index in [0.717, 1.165) is 10.8 Å². The van der Waals surface area contributed by atoms with Crippen molar-refractivity contribution in [2.45, 2.75) is 32.9 Å². The number of likely N-dealkylation sites (N-methyl/N-ethyl adjacent to an activating group) is 1. The van der Waals surface area contributed by atoms with Gasteiger partial charge < -0.3 is 14.8 Å². The maximum atomic E-state index is 5.57. The summed E-state index contributed by atoms with van der Waals surface area (Å²) in [5.74, 6) is 0. The molecule has 0 unspecified atom stereocenters. The molecule has 0 spiro atoms. The Labute approximate surface area is 165 Å². The first-order chi connectivity index (χ1) is 13.0. The molecule has 1 saturated heterocycles. The average molecular weight is 377 g/mol. The molecule has 0 aliphatic carbocycles. The molecule has 1 fully saturated rings. The van der Waals surface area contributed by atoms with E-state index in [4.69, 9.17) is 12.2 Å². The predicted molar refractivity (Wildman–Crippen MR) is 113 cm³/mol. The number of hydrogen-bond acceptors (Lipinski definition) is 2. The lowest BCUT2D eigenvalue weighted by molar-refractivity contribution is 0.367. The summed E-state index contributed by atoms with van der Waals surface area (Å²) in [4.78, 5) is 6.73. The van der Waals surface area contributed by atoms with Crippen LogP contribution in [0.2, 0.25) is 0 Å². The summed E-state index contributed by atoms with van der Waals surface area (Å²) in [6, 6.07) is 17.1. The lowest BCUT2D eigenvalue weighted by Crippen LogP contribution is -2.25. The van der Waals surface area contributed by atoms with Gasteiger partial charge in [-0.15, -0.1) is 0 Å². The zero-order valence-corrected chi connectivity index (χ0v) is 16.9. The number of aryl methyl sites for hydroxylation is 2. The quantitative estimate of drug-likeness (QED) is 0.687. The average Bonchev–Trinajstić information content (AvgIpc) is 3.12. The van der Waals surface area contributed by atoms with Crippen LogP contribution in [0.25, 0.3) is 5.69 Å². The van der Waals surface area contributed by atoms with Crippen molar-refractivity contribution < 1.29 is 0 Å². The maximum Gasteiger partial charge on any atom is 0.169 e. The van der Waals surface area contributed by atoms with Gasteiger partial charge in [-0.2, -0.15) is 0 Å². The van der Waals surface area contributed by atoms with Gasteiger partial charge in [0.1, 0.15) is 0 Å². The van der Waals surface area contributed by atoms with E-state index in [1.807, 2.05) is 18.3 Å². The number of thiocarbonyl (C=S) groups is 1. The number of aromatic nitrogens is 2. The fourth-order valence-electron chi connectivity index (χ4n) is 4.03. The molecular weight excluding hydrogens is 352 g/mol. The molecule has 3 heterocycles. The number of benzene rings is 1. The van der Waals surface area contributed by atoms with Crippen LogP contribution in [0.4, 0.5) is 0 Å². The summed E-state index contributed by atoms with van der Waals surface area (Å²) in [6.45, 7) is 6.46. The van der Waals surface area contributed by atoms with Gasteiger partial charge in [0.05, 0.1) is 17.8 Å². The summed E-state index contributed by atoms with van der Waals surface area (Å²) in [6.07, 6.45) is 1.84. The van der Waals surface area contributed by atoms with E-state index < -0.39 is 0 Å². The van der Waals surface area contributed by atoms with Crippen molar-refractivity contribution in [3.63, 3.8) is 0 Å². The zero-order valence-electron chi connectivity index (χ0n) is 16.1. The van der Waals surface area contributed by atoms with E-state index in [1.165, 1.54) is 28.2 Å². The Hall–Kier alpha value is -2.66. The Morgan fingerprint density at radius 3 is 2.44 bits per heavy atom. The number of rotatable bonds is 3. The highest BCUT2D eigenvalue weighted by Crippen LogP contribution is 2.40. The Morgan fingerprint density at radius 1 is 1.04 bits per heavy atom. The fourth-order valence-corrected chi connectivity index (χ4v) is 4.27. The highest BCUT2D eigenvalue weighted by Gasteiger charge is 2.39. The van der Waals surface area contributed by atoms with Gasteiger partial charge in [0, 0.05) is 30.3 Å². The monoisotopic (exact) mass is 376 g/mol. The fraction of sp³-hybridized carbons (Fsp3) is 0.273. The molecule has 0 amide bonds. The smallest absolute Gasteiger partial charge is 0.169 e. The molecule has 4 nitrogen and oxygen atoms in total. The van der Waals surface area contributed by atoms with Crippen LogP contribution in [0.3, 0.4) is 0 Å². The summed E-state index contributed by atoms with van der Waals surface area (Å²) >= 11 is 5.57. The van der Waals surface area contributed by atoms with E-state index in [9.17, 15) is 0 Å². The van der Waals surface area contributed by atoms with E-state index in [0.29, 0.717) is 0 Å². The van der Waals surface area contributed by atoms with E-state index >= 15 is 0 Å². The highest BCUT2D eigenvalue weighted by molar-refractivity contribution is 7.80. The van der Waals surface area contributed by atoms with Crippen LogP contribution < -0.4 is 5.32 Å². The van der Waals surface area contributed by atoms with E-state index in [2.05, 4.69) is 84.0 Å². The van der Waals surface area contributed by atoms with Crippen molar-refractivity contribution in [1.29, 1.82) is 0 Å². The number of nitrogens with one attached hydrogen (secondary N) is 1. The third-order valence-electron chi connectivity index (χ3n) is 5.42. The molecule has 2 atom stereocenters. The summed E-state index contributed by atoms with van der Waals surface area (Å²) in [7, 11) is 2.06. The summed E-state index contributed by atoms with van der Waals surface area (Å²) in [5, 5.41) is 4.22. The van der Waals surface area contributed by atoms with Gasteiger partial charge in [-0.25, -0.2) is 0 Å². The van der Waals surface area contributed by atoms with Crippen LogP contribution in [0.15, 0.2) is 54.7 Å². The lowest BCUT2D eigenvalue weighted by atomic mass is 9.97. The van der Waals surface area contributed by atoms with Crippen molar-refractivity contribution in [3.05, 3.63) is 82.9 Å². The topological polar surface area (TPSA) is 33.1 Å². The van der Waals surface area contributed by atoms with Gasteiger partial charge in [0.15, 0.2) is 5.11 Å². The van der Waals surface area contributed by atoms with Crippen LogP contribution in [-0.4, -0.2) is 26.6 Å². The van der Waals surface area contributed by atoms with Gasteiger partial charge in [-0.3, -0.25) is 4.98 Å². The second-order valence-electron chi connectivity index (χ2n) is 7.23. The van der Waals surface area contributed by atoms with Crippen LogP contribution in [-0.2, 0) is 0 Å². The van der Waals surface area contributed by atoms with Gasteiger partial charge >= 0.3 is 0 Å². The van der Waals surface area contributed by atoms with Crippen LogP contribution in [0.5, 0.6) is 0 Å². The molecule has 3 aromatic rings.